The monoisotopic (exact) mass is 216 g/mol. The van der Waals surface area contributed by atoms with Crippen LogP contribution in [0.2, 0.25) is 0 Å². The van der Waals surface area contributed by atoms with Gasteiger partial charge in [0.15, 0.2) is 0 Å². The molecule has 0 aliphatic heterocycles. The van der Waals surface area contributed by atoms with Crippen molar-refractivity contribution in [2.45, 2.75) is 43.7 Å². The molecule has 0 aromatic heterocycles. The van der Waals surface area contributed by atoms with Gasteiger partial charge in [0.05, 0.1) is 0 Å². The molecule has 0 unspecified atom stereocenters. The molecule has 2 aliphatic carbocycles. The van der Waals surface area contributed by atoms with Crippen LogP contribution in [0, 0.1) is 0 Å². The summed E-state index contributed by atoms with van der Waals surface area (Å²) in [5, 5.41) is 3.77. The molecule has 86 valence electrons. The van der Waals surface area contributed by atoms with E-state index >= 15 is 0 Å². The molecule has 1 fully saturated rings. The molecule has 2 heteroatoms. The van der Waals surface area contributed by atoms with Crippen LogP contribution in [0.1, 0.15) is 30.4 Å². The van der Waals surface area contributed by atoms with Crippen molar-refractivity contribution in [3.8, 4) is 0 Å². The van der Waals surface area contributed by atoms with Gasteiger partial charge >= 0.3 is 0 Å². The van der Waals surface area contributed by atoms with E-state index in [0.717, 1.165) is 19.0 Å². The summed E-state index contributed by atoms with van der Waals surface area (Å²) in [7, 11) is 0. The molecule has 3 N–H and O–H groups in total. The van der Waals surface area contributed by atoms with Crippen molar-refractivity contribution < 1.29 is 0 Å². The zero-order chi connectivity index (χ0) is 11.0. The Labute approximate surface area is 97.2 Å². The molecule has 0 spiro atoms. The molecule has 1 atom stereocenters. The van der Waals surface area contributed by atoms with Crippen LogP contribution in [0.5, 0.6) is 0 Å². The van der Waals surface area contributed by atoms with Crippen molar-refractivity contribution in [1.29, 1.82) is 0 Å². The molecule has 0 radical (unpaired) electrons. The topological polar surface area (TPSA) is 38.0 Å². The van der Waals surface area contributed by atoms with E-state index < -0.39 is 0 Å². The second-order valence-electron chi connectivity index (χ2n) is 5.35. The fourth-order valence-electron chi connectivity index (χ4n) is 2.82. The lowest BCUT2D eigenvalue weighted by Gasteiger charge is -2.38. The van der Waals surface area contributed by atoms with Crippen LogP contribution in [0.4, 0.5) is 0 Å². The van der Waals surface area contributed by atoms with Gasteiger partial charge in [-0.25, -0.2) is 0 Å². The van der Waals surface area contributed by atoms with Crippen LogP contribution >= 0.6 is 0 Å². The summed E-state index contributed by atoms with van der Waals surface area (Å²) in [4.78, 5) is 0. The predicted octanol–water partition coefficient (Wildman–Crippen LogP) is 1.62. The predicted molar refractivity (Wildman–Crippen MR) is 66.4 cm³/mol. The molecule has 0 heterocycles. The number of aryl methyl sites for hydroxylation is 1. The first-order chi connectivity index (χ1) is 7.81. The van der Waals surface area contributed by atoms with Crippen molar-refractivity contribution in [3.63, 3.8) is 0 Å². The lowest BCUT2D eigenvalue weighted by atomic mass is 9.78. The number of fused-ring (bicyclic) bond motifs is 1. The molecule has 2 aliphatic rings. The van der Waals surface area contributed by atoms with Crippen LogP contribution in [0.3, 0.4) is 0 Å². The Morgan fingerprint density at radius 2 is 2.00 bits per heavy atom. The van der Waals surface area contributed by atoms with Crippen LogP contribution in [0.25, 0.3) is 0 Å². The highest BCUT2D eigenvalue weighted by Gasteiger charge is 2.37. The second-order valence-corrected chi connectivity index (χ2v) is 5.35. The molecule has 3 rings (SSSR count). The molecule has 2 nitrogen and oxygen atoms in total. The first kappa shape index (κ1) is 10.3. The molecule has 1 saturated carbocycles. The van der Waals surface area contributed by atoms with E-state index in [4.69, 9.17) is 5.73 Å². The lowest BCUT2D eigenvalue weighted by Crippen LogP contribution is -2.55. The van der Waals surface area contributed by atoms with Crippen LogP contribution < -0.4 is 11.1 Å². The number of hydrogen-bond donors (Lipinski definition) is 2. The van der Waals surface area contributed by atoms with Gasteiger partial charge in [0, 0.05) is 18.1 Å². The van der Waals surface area contributed by atoms with Gasteiger partial charge in [-0.3, -0.25) is 0 Å². The van der Waals surface area contributed by atoms with Crippen molar-refractivity contribution in [2.75, 3.05) is 6.54 Å². The molecule has 0 bridgehead atoms. The average molecular weight is 216 g/mol. The Balaban J connectivity index is 1.83. The van der Waals surface area contributed by atoms with E-state index in [1.807, 2.05) is 0 Å². The first-order valence-electron chi connectivity index (χ1n) is 6.36. The number of nitrogens with one attached hydrogen (secondary N) is 1. The molecule has 1 aromatic carbocycles. The summed E-state index contributed by atoms with van der Waals surface area (Å²) in [5.41, 5.74) is 9.20. The zero-order valence-electron chi connectivity index (χ0n) is 9.71. The maximum absolute atomic E-state index is 6.01. The quantitative estimate of drug-likeness (QED) is 0.806. The highest BCUT2D eigenvalue weighted by molar-refractivity contribution is 5.32. The van der Waals surface area contributed by atoms with Gasteiger partial charge in [0.1, 0.15) is 0 Å². The number of hydrogen-bond acceptors (Lipinski definition) is 2. The van der Waals surface area contributed by atoms with Gasteiger partial charge < -0.3 is 11.1 Å². The van der Waals surface area contributed by atoms with Crippen molar-refractivity contribution >= 4 is 0 Å². The van der Waals surface area contributed by atoms with E-state index in [1.165, 1.54) is 36.8 Å². The summed E-state index contributed by atoms with van der Waals surface area (Å²) in [6, 6.07) is 9.54. The third kappa shape index (κ3) is 1.87. The average Bonchev–Trinajstić information content (AvgIpc) is 3.13. The molecular formula is C14H20N2. The minimum Gasteiger partial charge on any atom is -0.329 e. The van der Waals surface area contributed by atoms with Crippen LogP contribution in [-0.4, -0.2) is 18.1 Å². The summed E-state index contributed by atoms with van der Waals surface area (Å²) in [6.07, 6.45) is 6.15. The summed E-state index contributed by atoms with van der Waals surface area (Å²) >= 11 is 0. The molecule has 1 aromatic rings. The Bertz CT molecular complexity index is 384. The fraction of sp³-hybridized carbons (Fsp3) is 0.571. The maximum Gasteiger partial charge on any atom is 0.0350 e. The molecule has 0 amide bonds. The summed E-state index contributed by atoms with van der Waals surface area (Å²) in [6.45, 7) is 0.762. The number of rotatable bonds is 3. The molecular weight excluding hydrogens is 196 g/mol. The van der Waals surface area contributed by atoms with E-state index in [0.29, 0.717) is 0 Å². The largest absolute Gasteiger partial charge is 0.329 e. The third-order valence-electron chi connectivity index (χ3n) is 4.00. The Kier molecular flexibility index (Phi) is 2.49. The Morgan fingerprint density at radius 3 is 2.69 bits per heavy atom. The summed E-state index contributed by atoms with van der Waals surface area (Å²) in [5.74, 6) is 0. The molecule has 16 heavy (non-hydrogen) atoms. The molecule has 0 saturated heterocycles. The number of benzene rings is 1. The third-order valence-corrected chi connectivity index (χ3v) is 4.00. The Morgan fingerprint density at radius 1 is 1.25 bits per heavy atom. The summed E-state index contributed by atoms with van der Waals surface area (Å²) < 4.78 is 0. The van der Waals surface area contributed by atoms with E-state index in [1.54, 1.807) is 0 Å². The normalized spacial score (nSPS) is 28.8. The van der Waals surface area contributed by atoms with Gasteiger partial charge in [-0.05, 0) is 43.2 Å². The second kappa shape index (κ2) is 3.86. The zero-order valence-corrected chi connectivity index (χ0v) is 9.71. The van der Waals surface area contributed by atoms with Crippen LogP contribution in [0.15, 0.2) is 24.3 Å². The van der Waals surface area contributed by atoms with E-state index in [-0.39, 0.29) is 5.54 Å². The van der Waals surface area contributed by atoms with E-state index in [9.17, 15) is 0 Å². The minimum absolute atomic E-state index is 0.176. The maximum atomic E-state index is 6.01. The standard InChI is InChI=1S/C14H20N2/c15-10-14(16-13-5-6-13)8-7-11-3-1-2-4-12(11)9-14/h1-4,13,16H,5-10,15H2/t14-/m0/s1. The van der Waals surface area contributed by atoms with Crippen molar-refractivity contribution in [1.82, 2.24) is 5.32 Å². The minimum atomic E-state index is 0.176. The van der Waals surface area contributed by atoms with Crippen molar-refractivity contribution in [2.24, 2.45) is 5.73 Å². The number of nitrogens with two attached hydrogens (primary N) is 1. The van der Waals surface area contributed by atoms with Gasteiger partial charge in [-0.1, -0.05) is 24.3 Å². The van der Waals surface area contributed by atoms with Gasteiger partial charge in [0.2, 0.25) is 0 Å². The lowest BCUT2D eigenvalue weighted by molar-refractivity contribution is 0.290. The smallest absolute Gasteiger partial charge is 0.0350 e. The van der Waals surface area contributed by atoms with E-state index in [2.05, 4.69) is 29.6 Å². The van der Waals surface area contributed by atoms with Gasteiger partial charge in [-0.15, -0.1) is 0 Å². The first-order valence-corrected chi connectivity index (χ1v) is 6.36. The Hall–Kier alpha value is -0.860. The highest BCUT2D eigenvalue weighted by Crippen LogP contribution is 2.31. The van der Waals surface area contributed by atoms with Crippen molar-refractivity contribution in [3.05, 3.63) is 35.4 Å². The SMILES string of the molecule is NC[C@]1(NC2CC2)CCc2ccccc2C1. The van der Waals surface area contributed by atoms with Crippen LogP contribution in [-0.2, 0) is 12.8 Å². The fourth-order valence-corrected chi connectivity index (χ4v) is 2.82. The van der Waals surface area contributed by atoms with Gasteiger partial charge in [0.25, 0.3) is 0 Å². The van der Waals surface area contributed by atoms with Gasteiger partial charge in [-0.2, -0.15) is 0 Å². The highest BCUT2D eigenvalue weighted by atomic mass is 15.1.